The molecule has 0 saturated heterocycles. The molecule has 0 radical (unpaired) electrons. The third-order valence-corrected chi connectivity index (χ3v) is 2.98. The van der Waals surface area contributed by atoms with Gasteiger partial charge in [-0.25, -0.2) is 0 Å². The van der Waals surface area contributed by atoms with Gasteiger partial charge in [-0.3, -0.25) is 4.90 Å². The normalized spacial score (nSPS) is 11.1. The van der Waals surface area contributed by atoms with E-state index < -0.39 is 0 Å². The van der Waals surface area contributed by atoms with Crippen LogP contribution in [0.25, 0.3) is 0 Å². The highest BCUT2D eigenvalue weighted by Gasteiger charge is 2.15. The molecule has 20 heavy (non-hydrogen) atoms. The van der Waals surface area contributed by atoms with E-state index in [1.54, 1.807) is 0 Å². The fraction of sp³-hybridized carbons (Fsp3) is 0.467. The topological polar surface area (TPSA) is 54.2 Å². The molecule has 0 atom stereocenters. The Balaban J connectivity index is 2.16. The van der Waals surface area contributed by atoms with Crippen molar-refractivity contribution in [3.05, 3.63) is 35.7 Å². The molecule has 0 bridgehead atoms. The summed E-state index contributed by atoms with van der Waals surface area (Å²) in [6.45, 7) is 9.69. The second kappa shape index (κ2) is 6.52. The smallest absolute Gasteiger partial charge is 0.322 e. The lowest BCUT2D eigenvalue weighted by Gasteiger charge is -2.18. The zero-order valence-electron chi connectivity index (χ0n) is 12.6. The predicted octanol–water partition coefficient (Wildman–Crippen LogP) is 3.03. The summed E-state index contributed by atoms with van der Waals surface area (Å²) in [5, 5.41) is 11.5. The highest BCUT2D eigenvalue weighted by Crippen LogP contribution is 2.24. The van der Waals surface area contributed by atoms with Crippen LogP contribution in [-0.2, 0) is 6.54 Å². The first-order chi connectivity index (χ1) is 9.60. The van der Waals surface area contributed by atoms with Crippen LogP contribution in [0.1, 0.15) is 32.2 Å². The molecule has 5 nitrogen and oxygen atoms in total. The summed E-state index contributed by atoms with van der Waals surface area (Å²) in [5.74, 6) is 0.611. The van der Waals surface area contributed by atoms with E-state index in [2.05, 4.69) is 55.3 Å². The SMILES string of the molecule is CCN(c1cccc(C)c1)c1nnc(CNC(C)C)o1. The summed E-state index contributed by atoms with van der Waals surface area (Å²) in [7, 11) is 0. The average Bonchev–Trinajstić information content (AvgIpc) is 2.86. The minimum Gasteiger partial charge on any atom is -0.406 e. The largest absolute Gasteiger partial charge is 0.406 e. The number of hydrogen-bond acceptors (Lipinski definition) is 5. The predicted molar refractivity (Wildman–Crippen MR) is 80.1 cm³/mol. The first-order valence-corrected chi connectivity index (χ1v) is 7.00. The number of aryl methyl sites for hydroxylation is 1. The molecule has 1 aromatic heterocycles. The number of nitrogens with one attached hydrogen (secondary N) is 1. The number of rotatable bonds is 6. The van der Waals surface area contributed by atoms with Crippen molar-refractivity contribution in [3.63, 3.8) is 0 Å². The van der Waals surface area contributed by atoms with Crippen molar-refractivity contribution < 1.29 is 4.42 Å². The van der Waals surface area contributed by atoms with Gasteiger partial charge in [-0.05, 0) is 31.5 Å². The van der Waals surface area contributed by atoms with Crippen molar-refractivity contribution in [2.75, 3.05) is 11.4 Å². The van der Waals surface area contributed by atoms with Crippen molar-refractivity contribution >= 4 is 11.7 Å². The van der Waals surface area contributed by atoms with Crippen LogP contribution in [0.4, 0.5) is 11.7 Å². The van der Waals surface area contributed by atoms with Gasteiger partial charge in [0.05, 0.1) is 6.54 Å². The molecular weight excluding hydrogens is 252 g/mol. The maximum Gasteiger partial charge on any atom is 0.322 e. The molecule has 0 aliphatic carbocycles. The average molecular weight is 274 g/mol. The number of anilines is 2. The van der Waals surface area contributed by atoms with Crippen molar-refractivity contribution in [1.29, 1.82) is 0 Å². The minimum absolute atomic E-state index is 0.393. The maximum absolute atomic E-state index is 5.72. The number of hydrogen-bond donors (Lipinski definition) is 1. The highest BCUT2D eigenvalue weighted by molar-refractivity contribution is 5.56. The quantitative estimate of drug-likeness (QED) is 0.877. The Morgan fingerprint density at radius 2 is 2.10 bits per heavy atom. The monoisotopic (exact) mass is 274 g/mol. The Kier molecular flexibility index (Phi) is 4.74. The van der Waals surface area contributed by atoms with Crippen LogP contribution in [0.15, 0.2) is 28.7 Å². The Hall–Kier alpha value is -1.88. The van der Waals surface area contributed by atoms with Gasteiger partial charge in [0.25, 0.3) is 0 Å². The standard InChI is InChI=1S/C15H22N4O/c1-5-19(13-8-6-7-12(4)9-13)15-18-17-14(20-15)10-16-11(2)3/h6-9,11,16H,5,10H2,1-4H3. The van der Waals surface area contributed by atoms with Gasteiger partial charge in [0.15, 0.2) is 0 Å². The van der Waals surface area contributed by atoms with Crippen molar-refractivity contribution in [2.45, 2.75) is 40.3 Å². The van der Waals surface area contributed by atoms with Crippen molar-refractivity contribution in [2.24, 2.45) is 0 Å². The molecule has 0 aliphatic rings. The summed E-state index contributed by atoms with van der Waals surface area (Å²) in [6, 6.07) is 9.20. The molecule has 1 N–H and O–H groups in total. The molecule has 0 amide bonds. The lowest BCUT2D eigenvalue weighted by atomic mass is 10.2. The molecule has 108 valence electrons. The first-order valence-electron chi connectivity index (χ1n) is 7.00. The molecule has 0 fully saturated rings. The van der Waals surface area contributed by atoms with Crippen molar-refractivity contribution in [3.8, 4) is 0 Å². The van der Waals surface area contributed by atoms with E-state index >= 15 is 0 Å². The Bertz CT molecular complexity index is 550. The molecular formula is C15H22N4O. The van der Waals surface area contributed by atoms with Crippen LogP contribution in [0.5, 0.6) is 0 Å². The van der Waals surface area contributed by atoms with Gasteiger partial charge in [-0.15, -0.1) is 5.10 Å². The summed E-state index contributed by atoms with van der Waals surface area (Å²) >= 11 is 0. The van der Waals surface area contributed by atoms with Gasteiger partial charge in [0.2, 0.25) is 5.89 Å². The van der Waals surface area contributed by atoms with Crippen LogP contribution in [0.2, 0.25) is 0 Å². The van der Waals surface area contributed by atoms with Gasteiger partial charge in [0.1, 0.15) is 0 Å². The molecule has 2 aromatic rings. The van der Waals surface area contributed by atoms with Gasteiger partial charge in [0, 0.05) is 18.3 Å². The third kappa shape index (κ3) is 3.57. The van der Waals surface area contributed by atoms with E-state index in [9.17, 15) is 0 Å². The van der Waals surface area contributed by atoms with Gasteiger partial charge < -0.3 is 9.73 Å². The van der Waals surface area contributed by atoms with Crippen LogP contribution in [0, 0.1) is 6.92 Å². The zero-order chi connectivity index (χ0) is 14.5. The second-order valence-corrected chi connectivity index (χ2v) is 5.10. The summed E-state index contributed by atoms with van der Waals surface area (Å²) in [6.07, 6.45) is 0. The Morgan fingerprint density at radius 1 is 1.30 bits per heavy atom. The van der Waals surface area contributed by atoms with Crippen LogP contribution in [0.3, 0.4) is 0 Å². The molecule has 5 heteroatoms. The molecule has 0 spiro atoms. The van der Waals surface area contributed by atoms with E-state index in [1.165, 1.54) is 5.56 Å². The minimum atomic E-state index is 0.393. The third-order valence-electron chi connectivity index (χ3n) is 2.98. The first kappa shape index (κ1) is 14.5. The van der Waals surface area contributed by atoms with Crippen LogP contribution in [-0.4, -0.2) is 22.8 Å². The Labute approximate surface area is 120 Å². The number of aromatic nitrogens is 2. The van der Waals surface area contributed by atoms with E-state index in [0.29, 0.717) is 24.5 Å². The van der Waals surface area contributed by atoms with Crippen LogP contribution >= 0.6 is 0 Å². The fourth-order valence-corrected chi connectivity index (χ4v) is 1.94. The highest BCUT2D eigenvalue weighted by atomic mass is 16.4. The van der Waals surface area contributed by atoms with E-state index in [1.807, 2.05) is 17.0 Å². The Morgan fingerprint density at radius 3 is 2.75 bits per heavy atom. The van der Waals surface area contributed by atoms with E-state index in [0.717, 1.165) is 12.2 Å². The van der Waals surface area contributed by atoms with Gasteiger partial charge in [-0.1, -0.05) is 31.1 Å². The fourth-order valence-electron chi connectivity index (χ4n) is 1.94. The summed E-state index contributed by atoms with van der Waals surface area (Å²) in [4.78, 5) is 2.01. The lowest BCUT2D eigenvalue weighted by molar-refractivity contribution is 0.453. The molecule has 0 saturated carbocycles. The molecule has 1 heterocycles. The summed E-state index contributed by atoms with van der Waals surface area (Å²) in [5.41, 5.74) is 2.28. The molecule has 2 rings (SSSR count). The number of benzene rings is 1. The lowest BCUT2D eigenvalue weighted by Crippen LogP contribution is -2.22. The van der Waals surface area contributed by atoms with Gasteiger partial charge >= 0.3 is 6.01 Å². The second-order valence-electron chi connectivity index (χ2n) is 5.10. The molecule has 1 aromatic carbocycles. The molecule has 0 unspecified atom stereocenters. The van der Waals surface area contributed by atoms with Gasteiger partial charge in [-0.2, -0.15) is 0 Å². The van der Waals surface area contributed by atoms with Crippen molar-refractivity contribution in [1.82, 2.24) is 15.5 Å². The number of nitrogens with zero attached hydrogens (tertiary/aromatic N) is 3. The summed E-state index contributed by atoms with van der Waals surface area (Å²) < 4.78 is 5.72. The van der Waals surface area contributed by atoms with E-state index in [4.69, 9.17) is 4.42 Å². The maximum atomic E-state index is 5.72. The molecule has 0 aliphatic heterocycles. The van der Waals surface area contributed by atoms with Crippen LogP contribution < -0.4 is 10.2 Å². The zero-order valence-corrected chi connectivity index (χ0v) is 12.6. The van der Waals surface area contributed by atoms with E-state index in [-0.39, 0.29) is 0 Å².